The van der Waals surface area contributed by atoms with E-state index in [9.17, 15) is 0 Å². The highest BCUT2D eigenvalue weighted by Gasteiger charge is 2.14. The van der Waals surface area contributed by atoms with Crippen molar-refractivity contribution in [3.8, 4) is 0 Å². The first kappa shape index (κ1) is 4.13. The van der Waals surface area contributed by atoms with Crippen molar-refractivity contribution in [3.63, 3.8) is 0 Å². The van der Waals surface area contributed by atoms with E-state index >= 15 is 0 Å². The molecule has 1 radical (unpaired) electrons. The van der Waals surface area contributed by atoms with Gasteiger partial charge in [0.25, 0.3) is 0 Å². The minimum atomic E-state index is 0.833. The second-order valence-corrected chi connectivity index (χ2v) is 1.81. The van der Waals surface area contributed by atoms with Gasteiger partial charge in [-0.15, -0.1) is 0 Å². The van der Waals surface area contributed by atoms with Crippen molar-refractivity contribution in [2.24, 2.45) is 5.73 Å². The third-order valence-electron chi connectivity index (χ3n) is 1.35. The van der Waals surface area contributed by atoms with E-state index in [0.29, 0.717) is 0 Å². The van der Waals surface area contributed by atoms with Gasteiger partial charge in [0.2, 0.25) is 0 Å². The van der Waals surface area contributed by atoms with Crippen molar-refractivity contribution in [2.45, 2.75) is 19.3 Å². The maximum atomic E-state index is 5.30. The number of hydrogen-bond donors (Lipinski definition) is 1. The number of hydrogen-bond acceptors (Lipinski definition) is 1. The topological polar surface area (TPSA) is 26.0 Å². The zero-order valence-corrected chi connectivity index (χ0v) is 3.91. The number of nitrogens with two attached hydrogens (primary N) is 1. The molecule has 1 aliphatic carbocycles. The first-order chi connectivity index (χ1) is 2.93. The van der Waals surface area contributed by atoms with E-state index in [1.165, 1.54) is 19.3 Å². The summed E-state index contributed by atoms with van der Waals surface area (Å²) in [5.74, 6) is 1.55. The lowest BCUT2D eigenvalue weighted by molar-refractivity contribution is 0.535. The Hall–Kier alpha value is -0.0400. The van der Waals surface area contributed by atoms with E-state index in [2.05, 4.69) is 0 Å². The smallest absolute Gasteiger partial charge is 0.00147 e. The minimum absolute atomic E-state index is 0.833. The lowest BCUT2D eigenvalue weighted by Crippen LogP contribution is -2.18. The molecule has 0 unspecified atom stereocenters. The summed E-state index contributed by atoms with van der Waals surface area (Å²) >= 11 is 0. The van der Waals surface area contributed by atoms with E-state index in [1.807, 2.05) is 0 Å². The van der Waals surface area contributed by atoms with Crippen molar-refractivity contribution in [2.75, 3.05) is 6.54 Å². The lowest BCUT2D eigenvalue weighted by atomic mass is 9.86. The molecule has 0 spiro atoms. The summed E-state index contributed by atoms with van der Waals surface area (Å²) in [5, 5.41) is 0. The summed E-state index contributed by atoms with van der Waals surface area (Å²) in [6, 6.07) is 0. The van der Waals surface area contributed by atoms with Gasteiger partial charge < -0.3 is 5.73 Å². The average molecular weight is 84.1 g/mol. The summed E-state index contributed by atoms with van der Waals surface area (Å²) < 4.78 is 0. The van der Waals surface area contributed by atoms with Crippen LogP contribution < -0.4 is 5.73 Å². The molecule has 0 saturated heterocycles. The molecule has 0 aliphatic heterocycles. The van der Waals surface area contributed by atoms with E-state index in [4.69, 9.17) is 5.73 Å². The van der Waals surface area contributed by atoms with Crippen LogP contribution in [0.1, 0.15) is 19.3 Å². The summed E-state index contributed by atoms with van der Waals surface area (Å²) in [4.78, 5) is 0. The zero-order chi connectivity index (χ0) is 4.41. The van der Waals surface area contributed by atoms with Gasteiger partial charge in [-0.3, -0.25) is 0 Å². The molecule has 1 nitrogen and oxygen atoms in total. The third-order valence-corrected chi connectivity index (χ3v) is 1.35. The highest BCUT2D eigenvalue weighted by atomic mass is 14.6. The van der Waals surface area contributed by atoms with Crippen LogP contribution in [0.25, 0.3) is 0 Å². The molecule has 1 rings (SSSR count). The van der Waals surface area contributed by atoms with Gasteiger partial charge in [-0.2, -0.15) is 0 Å². The first-order valence-corrected chi connectivity index (χ1v) is 2.47. The molecular weight excluding hydrogens is 74.1 g/mol. The SMILES string of the molecule is NC[C]1CCC1. The van der Waals surface area contributed by atoms with Crippen LogP contribution in [0, 0.1) is 5.92 Å². The van der Waals surface area contributed by atoms with Gasteiger partial charge in [0.1, 0.15) is 0 Å². The Morgan fingerprint density at radius 1 is 1.50 bits per heavy atom. The van der Waals surface area contributed by atoms with Crippen molar-refractivity contribution in [1.29, 1.82) is 0 Å². The van der Waals surface area contributed by atoms with Crippen LogP contribution >= 0.6 is 0 Å². The summed E-state index contributed by atoms with van der Waals surface area (Å²) in [6.45, 7) is 0.833. The standard InChI is InChI=1S/C5H10N/c6-4-5-2-1-3-5/h1-4,6H2. The first-order valence-electron chi connectivity index (χ1n) is 2.47. The molecule has 35 valence electrons. The molecule has 0 aromatic heterocycles. The molecule has 1 saturated carbocycles. The predicted molar refractivity (Wildman–Crippen MR) is 26.1 cm³/mol. The van der Waals surface area contributed by atoms with Gasteiger partial charge in [-0.05, 0) is 25.3 Å². The van der Waals surface area contributed by atoms with Gasteiger partial charge in [0.15, 0.2) is 0 Å². The number of rotatable bonds is 1. The van der Waals surface area contributed by atoms with Crippen LogP contribution in [0.4, 0.5) is 0 Å². The Labute approximate surface area is 38.5 Å². The molecule has 6 heavy (non-hydrogen) atoms. The summed E-state index contributed by atoms with van der Waals surface area (Å²) in [6.07, 6.45) is 3.99. The van der Waals surface area contributed by atoms with Crippen molar-refractivity contribution in [3.05, 3.63) is 5.92 Å². The summed E-state index contributed by atoms with van der Waals surface area (Å²) in [5.41, 5.74) is 5.30. The van der Waals surface area contributed by atoms with Crippen LogP contribution in [-0.4, -0.2) is 6.54 Å². The molecular formula is C5H10N. The molecule has 1 aliphatic rings. The lowest BCUT2D eigenvalue weighted by Gasteiger charge is -2.21. The van der Waals surface area contributed by atoms with Gasteiger partial charge in [0, 0.05) is 0 Å². The Morgan fingerprint density at radius 3 is 2.17 bits per heavy atom. The second kappa shape index (κ2) is 1.61. The normalized spacial score (nSPS) is 23.5. The van der Waals surface area contributed by atoms with Gasteiger partial charge >= 0.3 is 0 Å². The van der Waals surface area contributed by atoms with E-state index in [0.717, 1.165) is 6.54 Å². The molecule has 1 fully saturated rings. The second-order valence-electron chi connectivity index (χ2n) is 1.81. The average Bonchev–Trinajstić information content (AvgIpc) is 1.31. The van der Waals surface area contributed by atoms with Gasteiger partial charge in [-0.1, -0.05) is 6.42 Å². The highest BCUT2D eigenvalue weighted by Crippen LogP contribution is 2.26. The maximum Gasteiger partial charge on any atom is -0.00147 e. The van der Waals surface area contributed by atoms with Crippen LogP contribution in [0.15, 0.2) is 0 Å². The van der Waals surface area contributed by atoms with Crippen LogP contribution in [0.3, 0.4) is 0 Å². The maximum absolute atomic E-state index is 5.30. The van der Waals surface area contributed by atoms with Crippen LogP contribution in [0.2, 0.25) is 0 Å². The molecule has 0 amide bonds. The minimum Gasteiger partial charge on any atom is -0.330 e. The third kappa shape index (κ3) is 0.548. The van der Waals surface area contributed by atoms with E-state index in [1.54, 1.807) is 5.92 Å². The molecule has 2 N–H and O–H groups in total. The predicted octanol–water partition coefficient (Wildman–Crippen LogP) is 0.703. The summed E-state index contributed by atoms with van der Waals surface area (Å²) in [7, 11) is 0. The van der Waals surface area contributed by atoms with Crippen LogP contribution in [0.5, 0.6) is 0 Å². The molecule has 0 aromatic carbocycles. The Bertz CT molecular complexity index is 36.4. The molecule has 0 aromatic rings. The molecule has 1 heteroatoms. The van der Waals surface area contributed by atoms with E-state index in [-0.39, 0.29) is 0 Å². The molecule has 0 bridgehead atoms. The molecule has 0 atom stereocenters. The monoisotopic (exact) mass is 84.1 g/mol. The Morgan fingerprint density at radius 2 is 2.17 bits per heavy atom. The fourth-order valence-corrected chi connectivity index (χ4v) is 0.631. The van der Waals surface area contributed by atoms with Gasteiger partial charge in [0.05, 0.1) is 0 Å². The quantitative estimate of drug-likeness (QED) is 0.497. The largest absolute Gasteiger partial charge is 0.330 e. The Kier molecular flexibility index (Phi) is 1.10. The van der Waals surface area contributed by atoms with Crippen molar-refractivity contribution in [1.82, 2.24) is 0 Å². The zero-order valence-electron chi connectivity index (χ0n) is 3.91. The van der Waals surface area contributed by atoms with E-state index < -0.39 is 0 Å². The fraction of sp³-hybridized carbons (Fsp3) is 0.800. The molecule has 0 heterocycles. The highest BCUT2D eigenvalue weighted by molar-refractivity contribution is 4.98. The Balaban J connectivity index is 2.01. The van der Waals surface area contributed by atoms with Crippen LogP contribution in [-0.2, 0) is 0 Å². The van der Waals surface area contributed by atoms with Gasteiger partial charge in [-0.25, -0.2) is 0 Å². The van der Waals surface area contributed by atoms with Crippen molar-refractivity contribution >= 4 is 0 Å². The van der Waals surface area contributed by atoms with Crippen molar-refractivity contribution < 1.29 is 0 Å². The fourth-order valence-electron chi connectivity index (χ4n) is 0.631.